The molecule has 0 unspecified atom stereocenters. The van der Waals surface area contributed by atoms with Crippen molar-refractivity contribution in [3.05, 3.63) is 58.9 Å². The van der Waals surface area contributed by atoms with Gasteiger partial charge in [0.25, 0.3) is 5.91 Å². The van der Waals surface area contributed by atoms with Gasteiger partial charge < -0.3 is 10.1 Å². The third-order valence-corrected chi connectivity index (χ3v) is 6.88. The van der Waals surface area contributed by atoms with Crippen LogP contribution in [0.1, 0.15) is 37.0 Å². The number of rotatable bonds is 10. The van der Waals surface area contributed by atoms with Crippen molar-refractivity contribution in [2.45, 2.75) is 37.6 Å². The molecule has 2 rings (SSSR count). The summed E-state index contributed by atoms with van der Waals surface area (Å²) < 4.78 is 44.9. The summed E-state index contributed by atoms with van der Waals surface area (Å²) in [7, 11) is -2.23. The number of carbonyl (C=O) groups is 1. The van der Waals surface area contributed by atoms with Crippen molar-refractivity contribution >= 4 is 27.5 Å². The summed E-state index contributed by atoms with van der Waals surface area (Å²) in [5, 5.41) is 2.92. The van der Waals surface area contributed by atoms with E-state index in [1.165, 1.54) is 41.7 Å². The summed E-state index contributed by atoms with van der Waals surface area (Å²) in [5.41, 5.74) is 0.109. The van der Waals surface area contributed by atoms with Crippen LogP contribution >= 0.6 is 11.6 Å². The molecule has 9 heteroatoms. The molecule has 2 aromatic rings. The Labute approximate surface area is 182 Å². The summed E-state index contributed by atoms with van der Waals surface area (Å²) in [6, 6.07) is 9.63. The quantitative estimate of drug-likeness (QED) is 0.546. The van der Waals surface area contributed by atoms with Gasteiger partial charge in [-0.15, -0.1) is 0 Å². The van der Waals surface area contributed by atoms with Crippen molar-refractivity contribution in [1.82, 2.24) is 9.62 Å². The number of benzene rings is 2. The molecule has 0 aromatic heterocycles. The Morgan fingerprint density at radius 2 is 1.83 bits per heavy atom. The summed E-state index contributed by atoms with van der Waals surface area (Å²) in [6.45, 7) is 4.34. The molecule has 0 aliphatic carbocycles. The van der Waals surface area contributed by atoms with Gasteiger partial charge in [-0.3, -0.25) is 4.79 Å². The molecule has 0 atom stereocenters. The van der Waals surface area contributed by atoms with Gasteiger partial charge in [-0.2, -0.15) is 4.31 Å². The predicted octanol–water partition coefficient (Wildman–Crippen LogP) is 4.10. The molecule has 0 bridgehead atoms. The van der Waals surface area contributed by atoms with E-state index in [-0.39, 0.29) is 27.3 Å². The second kappa shape index (κ2) is 10.7. The molecule has 0 saturated carbocycles. The second-order valence-electron chi connectivity index (χ2n) is 7.02. The average molecular weight is 457 g/mol. The van der Waals surface area contributed by atoms with E-state index in [0.717, 1.165) is 0 Å². The molecule has 0 aliphatic heterocycles. The molecule has 0 spiro atoms. The predicted molar refractivity (Wildman–Crippen MR) is 115 cm³/mol. The molecule has 30 heavy (non-hydrogen) atoms. The number of carbonyl (C=O) groups excluding carboxylic acids is 1. The zero-order chi connectivity index (χ0) is 22.3. The van der Waals surface area contributed by atoms with E-state index in [4.69, 9.17) is 16.3 Å². The lowest BCUT2D eigenvalue weighted by Crippen LogP contribution is -2.33. The van der Waals surface area contributed by atoms with Gasteiger partial charge in [0.15, 0.2) is 0 Å². The molecule has 0 heterocycles. The van der Waals surface area contributed by atoms with E-state index in [9.17, 15) is 17.6 Å². The fourth-order valence-electron chi connectivity index (χ4n) is 2.53. The molecule has 0 aliphatic rings. The number of hydrogen-bond acceptors (Lipinski definition) is 4. The van der Waals surface area contributed by atoms with Crippen molar-refractivity contribution in [3.63, 3.8) is 0 Å². The van der Waals surface area contributed by atoms with Crippen LogP contribution < -0.4 is 10.1 Å². The molecular weight excluding hydrogens is 431 g/mol. The Morgan fingerprint density at radius 3 is 2.47 bits per heavy atom. The normalized spacial score (nSPS) is 11.7. The molecule has 1 N–H and O–H groups in total. The molecule has 2 aromatic carbocycles. The number of amides is 1. The van der Waals surface area contributed by atoms with Crippen LogP contribution in [0.25, 0.3) is 0 Å². The Morgan fingerprint density at radius 1 is 1.17 bits per heavy atom. The van der Waals surface area contributed by atoms with E-state index < -0.39 is 15.9 Å². The largest absolute Gasteiger partial charge is 0.494 e. The summed E-state index contributed by atoms with van der Waals surface area (Å²) in [4.78, 5) is 12.5. The highest BCUT2D eigenvalue weighted by Gasteiger charge is 2.25. The highest BCUT2D eigenvalue weighted by Crippen LogP contribution is 2.23. The van der Waals surface area contributed by atoms with E-state index in [1.54, 1.807) is 26.0 Å². The summed E-state index contributed by atoms with van der Waals surface area (Å²) in [6.07, 6.45) is 1.33. The molecule has 6 nitrogen and oxygen atoms in total. The Balaban J connectivity index is 1.88. The second-order valence-corrected chi connectivity index (χ2v) is 9.43. The van der Waals surface area contributed by atoms with Crippen molar-refractivity contribution in [2.75, 3.05) is 20.2 Å². The number of halogens is 2. The third kappa shape index (κ3) is 6.42. The van der Waals surface area contributed by atoms with Crippen LogP contribution in [-0.4, -0.2) is 44.9 Å². The van der Waals surface area contributed by atoms with Gasteiger partial charge in [-0.05, 0) is 69.2 Å². The van der Waals surface area contributed by atoms with Gasteiger partial charge in [0, 0.05) is 19.6 Å². The number of unbranched alkanes of at least 4 members (excludes halogenated alkanes) is 1. The van der Waals surface area contributed by atoms with E-state index in [0.29, 0.717) is 31.7 Å². The summed E-state index contributed by atoms with van der Waals surface area (Å²) in [5.74, 6) is -0.184. The van der Waals surface area contributed by atoms with Crippen LogP contribution in [0.4, 0.5) is 4.39 Å². The first-order valence-electron chi connectivity index (χ1n) is 9.57. The number of hydrogen-bond donors (Lipinski definition) is 1. The average Bonchev–Trinajstić information content (AvgIpc) is 2.71. The van der Waals surface area contributed by atoms with Crippen LogP contribution in [0.15, 0.2) is 47.4 Å². The van der Waals surface area contributed by atoms with Gasteiger partial charge in [0.1, 0.15) is 11.6 Å². The standard InChI is InChI=1S/C21H26ClFN2O4S/c1-15(2)25(3)30(27,28)18-10-11-20(22)19(14-18)21(26)24-12-4-5-13-29-17-8-6-16(23)7-9-17/h6-11,14-15H,4-5,12-13H2,1-3H3,(H,24,26). The lowest BCUT2D eigenvalue weighted by atomic mass is 10.2. The first kappa shape index (κ1) is 24.1. The molecule has 0 radical (unpaired) electrons. The molecule has 0 fully saturated rings. The van der Waals surface area contributed by atoms with Crippen LogP contribution in [0.3, 0.4) is 0 Å². The highest BCUT2D eigenvalue weighted by molar-refractivity contribution is 7.89. The number of nitrogens with one attached hydrogen (secondary N) is 1. The number of sulfonamides is 1. The molecular formula is C21H26ClFN2O4S. The summed E-state index contributed by atoms with van der Waals surface area (Å²) >= 11 is 6.11. The zero-order valence-corrected chi connectivity index (χ0v) is 18.8. The first-order chi connectivity index (χ1) is 14.1. The topological polar surface area (TPSA) is 75.7 Å². The Bertz CT molecular complexity index is 965. The van der Waals surface area contributed by atoms with Crippen LogP contribution in [0, 0.1) is 5.82 Å². The minimum absolute atomic E-state index is 0.0148. The fourth-order valence-corrected chi connectivity index (χ4v) is 4.13. The van der Waals surface area contributed by atoms with Crippen LogP contribution in [0.5, 0.6) is 5.75 Å². The van der Waals surface area contributed by atoms with Gasteiger partial charge in [0.2, 0.25) is 10.0 Å². The zero-order valence-electron chi connectivity index (χ0n) is 17.2. The van der Waals surface area contributed by atoms with E-state index >= 15 is 0 Å². The molecule has 164 valence electrons. The van der Waals surface area contributed by atoms with Crippen molar-refractivity contribution in [2.24, 2.45) is 0 Å². The maximum Gasteiger partial charge on any atom is 0.252 e. The van der Waals surface area contributed by atoms with Crippen LogP contribution in [-0.2, 0) is 10.0 Å². The fraction of sp³-hybridized carbons (Fsp3) is 0.381. The SMILES string of the molecule is CC(C)N(C)S(=O)(=O)c1ccc(Cl)c(C(=O)NCCCCOc2ccc(F)cc2)c1. The van der Waals surface area contributed by atoms with Gasteiger partial charge in [-0.1, -0.05) is 11.6 Å². The maximum atomic E-state index is 12.8. The van der Waals surface area contributed by atoms with Gasteiger partial charge >= 0.3 is 0 Å². The minimum Gasteiger partial charge on any atom is -0.494 e. The van der Waals surface area contributed by atoms with Gasteiger partial charge in [-0.25, -0.2) is 12.8 Å². The van der Waals surface area contributed by atoms with Crippen molar-refractivity contribution in [1.29, 1.82) is 0 Å². The van der Waals surface area contributed by atoms with Crippen molar-refractivity contribution in [3.8, 4) is 5.75 Å². The number of nitrogens with zero attached hydrogens (tertiary/aromatic N) is 1. The van der Waals surface area contributed by atoms with Crippen LogP contribution in [0.2, 0.25) is 5.02 Å². The third-order valence-electron chi connectivity index (χ3n) is 4.53. The number of ether oxygens (including phenoxy) is 1. The Hall–Kier alpha value is -2.16. The van der Waals surface area contributed by atoms with E-state index in [2.05, 4.69) is 5.32 Å². The minimum atomic E-state index is -3.72. The highest BCUT2D eigenvalue weighted by atomic mass is 35.5. The Kier molecular flexibility index (Phi) is 8.64. The molecule has 0 saturated heterocycles. The lowest BCUT2D eigenvalue weighted by molar-refractivity contribution is 0.0952. The molecule has 1 amide bonds. The maximum absolute atomic E-state index is 12.8. The van der Waals surface area contributed by atoms with Crippen molar-refractivity contribution < 1.29 is 22.3 Å². The van der Waals surface area contributed by atoms with E-state index in [1.807, 2.05) is 0 Å². The van der Waals surface area contributed by atoms with Gasteiger partial charge in [0.05, 0.1) is 22.1 Å². The first-order valence-corrected chi connectivity index (χ1v) is 11.4. The monoisotopic (exact) mass is 456 g/mol. The smallest absolute Gasteiger partial charge is 0.252 e. The lowest BCUT2D eigenvalue weighted by Gasteiger charge is -2.21.